The SMILES string of the molecule is O=C(Nc1ccc(Cl)cc1)O[C@H](C[NH+]1CCCCC1)C(F)(F)F. The first kappa shape index (κ1) is 17.9. The first-order valence-corrected chi connectivity index (χ1v) is 7.86. The summed E-state index contributed by atoms with van der Waals surface area (Å²) in [5.41, 5.74) is 0.325. The number of likely N-dealkylation sites (tertiary alicyclic amines) is 1. The smallest absolute Gasteiger partial charge is 0.430 e. The van der Waals surface area contributed by atoms with Gasteiger partial charge in [0.2, 0.25) is 6.10 Å². The van der Waals surface area contributed by atoms with Gasteiger partial charge in [-0.2, -0.15) is 13.2 Å². The van der Waals surface area contributed by atoms with Crippen LogP contribution in [0.5, 0.6) is 0 Å². The number of carbonyl (C=O) groups is 1. The van der Waals surface area contributed by atoms with Crippen molar-refractivity contribution in [3.05, 3.63) is 29.3 Å². The molecule has 1 aliphatic heterocycles. The number of anilines is 1. The van der Waals surface area contributed by atoms with Gasteiger partial charge in [0.25, 0.3) is 0 Å². The second kappa shape index (κ2) is 7.88. The molecular weight excluding hydrogens is 333 g/mol. The van der Waals surface area contributed by atoms with Crippen LogP contribution in [0.25, 0.3) is 0 Å². The molecule has 23 heavy (non-hydrogen) atoms. The number of rotatable bonds is 4. The molecule has 0 bridgehead atoms. The lowest BCUT2D eigenvalue weighted by Gasteiger charge is -2.28. The van der Waals surface area contributed by atoms with Crippen LogP contribution in [0.3, 0.4) is 0 Å². The van der Waals surface area contributed by atoms with Gasteiger partial charge in [-0.05, 0) is 43.5 Å². The highest BCUT2D eigenvalue weighted by Crippen LogP contribution is 2.23. The zero-order chi connectivity index (χ0) is 16.9. The standard InChI is InChI=1S/C15H18ClF3N2O2/c16-11-4-6-12(7-5-11)20-14(22)23-13(15(17,18)19)10-21-8-2-1-3-9-21/h4-7,13H,1-3,8-10H2,(H,20,22)/p+1/t13-/m1/s1. The molecule has 0 aromatic heterocycles. The van der Waals surface area contributed by atoms with Gasteiger partial charge in [0.1, 0.15) is 6.54 Å². The van der Waals surface area contributed by atoms with E-state index >= 15 is 0 Å². The summed E-state index contributed by atoms with van der Waals surface area (Å²) in [6.45, 7) is 1.10. The molecule has 0 spiro atoms. The lowest BCUT2D eigenvalue weighted by atomic mass is 10.1. The monoisotopic (exact) mass is 351 g/mol. The fraction of sp³-hybridized carbons (Fsp3) is 0.533. The van der Waals surface area contributed by atoms with Crippen LogP contribution >= 0.6 is 11.6 Å². The summed E-state index contributed by atoms with van der Waals surface area (Å²) in [6, 6.07) is 6.02. The predicted octanol–water partition coefficient (Wildman–Crippen LogP) is 2.89. The van der Waals surface area contributed by atoms with E-state index in [4.69, 9.17) is 11.6 Å². The second-order valence-electron chi connectivity index (χ2n) is 5.58. The Morgan fingerprint density at radius 3 is 2.39 bits per heavy atom. The van der Waals surface area contributed by atoms with Crippen LogP contribution in [-0.2, 0) is 4.74 Å². The lowest BCUT2D eigenvalue weighted by Crippen LogP contribution is -3.14. The Hall–Kier alpha value is -1.47. The minimum atomic E-state index is -4.58. The highest BCUT2D eigenvalue weighted by atomic mass is 35.5. The van der Waals surface area contributed by atoms with Gasteiger partial charge in [-0.15, -0.1) is 0 Å². The van der Waals surface area contributed by atoms with Crippen molar-refractivity contribution in [2.45, 2.75) is 31.5 Å². The third kappa shape index (κ3) is 5.91. The van der Waals surface area contributed by atoms with Gasteiger partial charge in [0.15, 0.2) is 0 Å². The summed E-state index contributed by atoms with van der Waals surface area (Å²) in [6.07, 6.45) is -4.97. The highest BCUT2D eigenvalue weighted by Gasteiger charge is 2.45. The van der Waals surface area contributed by atoms with Gasteiger partial charge >= 0.3 is 12.3 Å². The fourth-order valence-corrected chi connectivity index (χ4v) is 2.68. The van der Waals surface area contributed by atoms with Crippen LogP contribution in [0.1, 0.15) is 19.3 Å². The van der Waals surface area contributed by atoms with Gasteiger partial charge in [0, 0.05) is 10.7 Å². The molecule has 4 nitrogen and oxygen atoms in total. The van der Waals surface area contributed by atoms with Gasteiger partial charge in [-0.1, -0.05) is 11.6 Å². The summed E-state index contributed by atoms with van der Waals surface area (Å²) < 4.78 is 43.9. The number of quaternary nitrogens is 1. The third-order valence-corrected chi connectivity index (χ3v) is 3.99. The summed E-state index contributed by atoms with van der Waals surface area (Å²) in [7, 11) is 0. The first-order valence-electron chi connectivity index (χ1n) is 7.48. The molecule has 0 saturated carbocycles. The minimum absolute atomic E-state index is 0.252. The number of piperidine rings is 1. The average Bonchev–Trinajstić information content (AvgIpc) is 2.49. The normalized spacial score (nSPS) is 17.6. The summed E-state index contributed by atoms with van der Waals surface area (Å²) in [5.74, 6) is 0. The van der Waals surface area contributed by atoms with E-state index in [1.807, 2.05) is 0 Å². The lowest BCUT2D eigenvalue weighted by molar-refractivity contribution is -0.909. The van der Waals surface area contributed by atoms with E-state index < -0.39 is 18.4 Å². The van der Waals surface area contributed by atoms with Gasteiger partial charge in [0.05, 0.1) is 13.1 Å². The van der Waals surface area contributed by atoms with Crippen LogP contribution in [0.15, 0.2) is 24.3 Å². The molecule has 2 N–H and O–H groups in total. The number of amides is 1. The maximum absolute atomic E-state index is 13.1. The quantitative estimate of drug-likeness (QED) is 0.876. The van der Waals surface area contributed by atoms with Crippen LogP contribution < -0.4 is 10.2 Å². The van der Waals surface area contributed by atoms with Crippen molar-refractivity contribution in [2.24, 2.45) is 0 Å². The zero-order valence-corrected chi connectivity index (χ0v) is 13.2. The van der Waals surface area contributed by atoms with Crippen molar-refractivity contribution in [1.82, 2.24) is 0 Å². The number of hydrogen-bond acceptors (Lipinski definition) is 2. The van der Waals surface area contributed by atoms with Crippen LogP contribution in [0.2, 0.25) is 5.02 Å². The Kier molecular flexibility index (Phi) is 6.12. The van der Waals surface area contributed by atoms with Crippen LogP contribution in [0.4, 0.5) is 23.7 Å². The van der Waals surface area contributed by atoms with Crippen molar-refractivity contribution in [1.29, 1.82) is 0 Å². The van der Waals surface area contributed by atoms with E-state index in [0.29, 0.717) is 23.8 Å². The summed E-state index contributed by atoms with van der Waals surface area (Å²) in [5, 5.41) is 2.74. The van der Waals surface area contributed by atoms with Crippen molar-refractivity contribution in [3.63, 3.8) is 0 Å². The molecule has 128 valence electrons. The fourth-order valence-electron chi connectivity index (χ4n) is 2.55. The Labute approximate surface area is 137 Å². The number of carbonyl (C=O) groups excluding carboxylic acids is 1. The number of hydrogen-bond donors (Lipinski definition) is 2. The number of ether oxygens (including phenoxy) is 1. The van der Waals surface area contributed by atoms with E-state index in [1.54, 1.807) is 0 Å². The van der Waals surface area contributed by atoms with E-state index in [0.717, 1.165) is 24.2 Å². The maximum Gasteiger partial charge on any atom is 0.431 e. The first-order chi connectivity index (χ1) is 10.8. The van der Waals surface area contributed by atoms with E-state index in [-0.39, 0.29) is 6.54 Å². The minimum Gasteiger partial charge on any atom is -0.430 e. The molecular formula is C15H19ClF3N2O2+. The molecule has 8 heteroatoms. The molecule has 1 aromatic carbocycles. The second-order valence-corrected chi connectivity index (χ2v) is 6.02. The Balaban J connectivity index is 1.93. The molecule has 0 radical (unpaired) electrons. The number of nitrogens with one attached hydrogen (secondary N) is 2. The molecule has 1 fully saturated rings. The molecule has 0 aliphatic carbocycles. The number of halogens is 4. The van der Waals surface area contributed by atoms with E-state index in [2.05, 4.69) is 10.1 Å². The topological polar surface area (TPSA) is 42.8 Å². The summed E-state index contributed by atoms with van der Waals surface area (Å²) in [4.78, 5) is 12.5. The highest BCUT2D eigenvalue weighted by molar-refractivity contribution is 6.30. The van der Waals surface area contributed by atoms with Crippen molar-refractivity contribution >= 4 is 23.4 Å². The molecule has 1 saturated heterocycles. The van der Waals surface area contributed by atoms with Crippen molar-refractivity contribution in [2.75, 3.05) is 25.0 Å². The summed E-state index contributed by atoms with van der Waals surface area (Å²) >= 11 is 5.71. The Morgan fingerprint density at radius 2 is 1.83 bits per heavy atom. The molecule has 1 aliphatic rings. The van der Waals surface area contributed by atoms with Crippen LogP contribution in [-0.4, -0.2) is 38.0 Å². The Morgan fingerprint density at radius 1 is 1.22 bits per heavy atom. The number of benzene rings is 1. The van der Waals surface area contributed by atoms with Crippen molar-refractivity contribution in [3.8, 4) is 0 Å². The average molecular weight is 352 g/mol. The van der Waals surface area contributed by atoms with Gasteiger partial charge in [-0.3, -0.25) is 5.32 Å². The maximum atomic E-state index is 13.1. The van der Waals surface area contributed by atoms with Gasteiger partial charge in [-0.25, -0.2) is 4.79 Å². The molecule has 1 aromatic rings. The van der Waals surface area contributed by atoms with Gasteiger partial charge < -0.3 is 9.64 Å². The van der Waals surface area contributed by atoms with Crippen molar-refractivity contribution < 1.29 is 27.6 Å². The van der Waals surface area contributed by atoms with Crippen LogP contribution in [0, 0.1) is 0 Å². The number of alkyl halides is 3. The molecule has 0 unspecified atom stereocenters. The van der Waals surface area contributed by atoms with E-state index in [1.165, 1.54) is 24.3 Å². The predicted molar refractivity (Wildman–Crippen MR) is 80.8 cm³/mol. The molecule has 1 amide bonds. The third-order valence-electron chi connectivity index (χ3n) is 3.74. The molecule has 1 atom stereocenters. The largest absolute Gasteiger partial charge is 0.431 e. The molecule has 1 heterocycles. The zero-order valence-electron chi connectivity index (χ0n) is 12.5. The Bertz CT molecular complexity index is 516. The van der Waals surface area contributed by atoms with E-state index in [9.17, 15) is 18.0 Å². The molecule has 2 rings (SSSR count).